The average Bonchev–Trinajstić information content (AvgIpc) is 3.04. The molecular formula is C17H13BrF3NO2S. The second kappa shape index (κ2) is 4.79. The number of fused-ring (bicyclic) bond motifs is 5. The number of alkyl halides is 3. The third kappa shape index (κ3) is 2.13. The van der Waals surface area contributed by atoms with Crippen LogP contribution < -0.4 is 0 Å². The third-order valence-corrected chi connectivity index (χ3v) is 6.99. The highest BCUT2D eigenvalue weighted by atomic mass is 79.9. The van der Waals surface area contributed by atoms with Crippen molar-refractivity contribution in [3.8, 4) is 17.4 Å². The second-order valence-electron chi connectivity index (χ2n) is 6.54. The first kappa shape index (κ1) is 16.9. The molecule has 0 unspecified atom stereocenters. The van der Waals surface area contributed by atoms with E-state index < -0.39 is 21.2 Å². The van der Waals surface area contributed by atoms with Crippen LogP contribution in [0.5, 0.6) is 11.8 Å². The van der Waals surface area contributed by atoms with Gasteiger partial charge in [0.1, 0.15) is 0 Å². The van der Waals surface area contributed by atoms with Gasteiger partial charge in [-0.15, -0.1) is 11.8 Å². The SMILES string of the molecule is C[C@]12C=C[C@](C)(S1)c1c2c(O)n(-c2ccc(Br)c(C(F)(F)F)c2)c1O. The Kier molecular flexibility index (Phi) is 3.24. The monoisotopic (exact) mass is 431 g/mol. The Morgan fingerprint density at radius 3 is 2.04 bits per heavy atom. The van der Waals surface area contributed by atoms with E-state index in [1.807, 2.05) is 26.0 Å². The fourth-order valence-corrected chi connectivity index (χ4v) is 5.91. The summed E-state index contributed by atoms with van der Waals surface area (Å²) in [4.78, 5) is 0. The van der Waals surface area contributed by atoms with Gasteiger partial charge in [0, 0.05) is 15.6 Å². The molecule has 25 heavy (non-hydrogen) atoms. The number of nitrogens with zero attached hydrogens (tertiary/aromatic N) is 1. The zero-order valence-electron chi connectivity index (χ0n) is 13.1. The Bertz CT molecular complexity index is 911. The van der Waals surface area contributed by atoms with Crippen molar-refractivity contribution in [3.05, 3.63) is 51.5 Å². The molecule has 4 rings (SSSR count). The van der Waals surface area contributed by atoms with Gasteiger partial charge in [0.05, 0.1) is 20.7 Å². The van der Waals surface area contributed by atoms with Crippen LogP contribution in [0.3, 0.4) is 0 Å². The molecule has 3 heterocycles. The minimum absolute atomic E-state index is 0.0523. The minimum atomic E-state index is -4.55. The molecule has 0 saturated heterocycles. The maximum atomic E-state index is 13.2. The van der Waals surface area contributed by atoms with Crippen LogP contribution in [-0.4, -0.2) is 14.8 Å². The summed E-state index contributed by atoms with van der Waals surface area (Å²) < 4.78 is 39.5. The van der Waals surface area contributed by atoms with E-state index in [1.54, 1.807) is 11.8 Å². The predicted molar refractivity (Wildman–Crippen MR) is 93.2 cm³/mol. The summed E-state index contributed by atoms with van der Waals surface area (Å²) >= 11 is 4.48. The van der Waals surface area contributed by atoms with Crippen LogP contribution in [0.25, 0.3) is 5.69 Å². The average molecular weight is 432 g/mol. The van der Waals surface area contributed by atoms with E-state index in [4.69, 9.17) is 0 Å². The number of halogens is 4. The van der Waals surface area contributed by atoms with Gasteiger partial charge in [-0.1, -0.05) is 28.1 Å². The molecule has 3 nitrogen and oxygen atoms in total. The van der Waals surface area contributed by atoms with Crippen LogP contribution in [-0.2, 0) is 15.7 Å². The second-order valence-corrected chi connectivity index (χ2v) is 9.30. The lowest BCUT2D eigenvalue weighted by Crippen LogP contribution is -2.10. The predicted octanol–water partition coefficient (Wildman–Crippen LogP) is 5.42. The molecule has 0 saturated carbocycles. The van der Waals surface area contributed by atoms with Crippen LogP contribution in [0.2, 0.25) is 0 Å². The van der Waals surface area contributed by atoms with Gasteiger partial charge in [-0.2, -0.15) is 13.2 Å². The van der Waals surface area contributed by atoms with Gasteiger partial charge in [0.25, 0.3) is 0 Å². The highest BCUT2D eigenvalue weighted by Crippen LogP contribution is 2.69. The molecular weight excluding hydrogens is 419 g/mol. The quantitative estimate of drug-likeness (QED) is 0.592. The van der Waals surface area contributed by atoms with E-state index in [2.05, 4.69) is 15.9 Å². The third-order valence-electron chi connectivity index (χ3n) is 4.77. The molecule has 0 aliphatic carbocycles. The standard InChI is InChI=1S/C17H13BrF3NO2S/c1-15-5-6-16(2,25-15)12-11(15)13(23)22(14(12)24)8-3-4-10(18)9(7-8)17(19,20)21/h3-7,23-24H,1-2H3/t15-,16+. The van der Waals surface area contributed by atoms with Crippen LogP contribution in [0.1, 0.15) is 30.5 Å². The number of aromatic hydroxyl groups is 2. The molecule has 1 aromatic carbocycles. The summed E-state index contributed by atoms with van der Waals surface area (Å²) in [5, 5.41) is 21.4. The van der Waals surface area contributed by atoms with Crippen molar-refractivity contribution in [2.45, 2.75) is 29.5 Å². The van der Waals surface area contributed by atoms with Crippen LogP contribution in [0.4, 0.5) is 13.2 Å². The highest BCUT2D eigenvalue weighted by molar-refractivity contribution is 9.10. The Morgan fingerprint density at radius 2 is 1.56 bits per heavy atom. The topological polar surface area (TPSA) is 45.4 Å². The number of rotatable bonds is 1. The zero-order chi connectivity index (χ0) is 18.4. The molecule has 2 bridgehead atoms. The van der Waals surface area contributed by atoms with Crippen molar-refractivity contribution in [1.29, 1.82) is 0 Å². The van der Waals surface area contributed by atoms with Gasteiger partial charge in [0.15, 0.2) is 0 Å². The molecule has 2 N–H and O–H groups in total. The number of thioether (sulfide) groups is 1. The first-order valence-electron chi connectivity index (χ1n) is 7.43. The molecule has 0 spiro atoms. The highest BCUT2D eigenvalue weighted by Gasteiger charge is 2.55. The number of hydrogen-bond acceptors (Lipinski definition) is 3. The van der Waals surface area contributed by atoms with Crippen molar-refractivity contribution in [1.82, 2.24) is 4.57 Å². The van der Waals surface area contributed by atoms with Crippen molar-refractivity contribution in [2.24, 2.45) is 0 Å². The summed E-state index contributed by atoms with van der Waals surface area (Å²) in [6.45, 7) is 3.83. The lowest BCUT2D eigenvalue weighted by molar-refractivity contribution is -0.138. The lowest BCUT2D eigenvalue weighted by atomic mass is 9.86. The molecule has 2 aliphatic heterocycles. The molecule has 0 amide bonds. The normalized spacial score (nSPS) is 27.1. The molecule has 2 aliphatic rings. The fraction of sp³-hybridized carbons (Fsp3) is 0.294. The Hall–Kier alpha value is -1.54. The molecule has 0 fully saturated rings. The summed E-state index contributed by atoms with van der Waals surface area (Å²) in [7, 11) is 0. The van der Waals surface area contributed by atoms with Crippen molar-refractivity contribution < 1.29 is 23.4 Å². The number of aromatic nitrogens is 1. The van der Waals surface area contributed by atoms with Crippen LogP contribution in [0.15, 0.2) is 34.8 Å². The molecule has 0 radical (unpaired) electrons. The Morgan fingerprint density at radius 1 is 1.04 bits per heavy atom. The summed E-state index contributed by atoms with van der Waals surface area (Å²) in [6, 6.07) is 3.58. The fourth-order valence-electron chi connectivity index (χ4n) is 3.70. The largest absolute Gasteiger partial charge is 0.494 e. The van der Waals surface area contributed by atoms with Gasteiger partial charge in [-0.25, -0.2) is 0 Å². The summed E-state index contributed by atoms with van der Waals surface area (Å²) in [5.41, 5.74) is 0.287. The van der Waals surface area contributed by atoms with E-state index in [9.17, 15) is 23.4 Å². The summed E-state index contributed by atoms with van der Waals surface area (Å²) in [5.74, 6) is -0.461. The van der Waals surface area contributed by atoms with Gasteiger partial charge in [0.2, 0.25) is 11.8 Å². The van der Waals surface area contributed by atoms with E-state index in [0.29, 0.717) is 11.1 Å². The number of hydrogen-bond donors (Lipinski definition) is 2. The molecule has 1 aromatic heterocycles. The smallest absolute Gasteiger partial charge is 0.417 e. The first-order valence-corrected chi connectivity index (χ1v) is 9.04. The van der Waals surface area contributed by atoms with Gasteiger partial charge in [-0.3, -0.25) is 4.57 Å². The Balaban J connectivity index is 1.97. The minimum Gasteiger partial charge on any atom is -0.494 e. The zero-order valence-corrected chi connectivity index (χ0v) is 15.6. The van der Waals surface area contributed by atoms with Gasteiger partial charge < -0.3 is 10.2 Å². The lowest BCUT2D eigenvalue weighted by Gasteiger charge is -2.20. The van der Waals surface area contributed by atoms with Crippen molar-refractivity contribution in [2.75, 3.05) is 0 Å². The van der Waals surface area contributed by atoms with E-state index >= 15 is 0 Å². The first-order chi connectivity index (χ1) is 11.5. The number of benzene rings is 1. The molecule has 2 atom stereocenters. The van der Waals surface area contributed by atoms with E-state index in [1.165, 1.54) is 12.1 Å². The van der Waals surface area contributed by atoms with E-state index in [-0.39, 0.29) is 21.9 Å². The van der Waals surface area contributed by atoms with Crippen molar-refractivity contribution >= 4 is 27.7 Å². The molecule has 8 heteroatoms. The molecule has 2 aromatic rings. The van der Waals surface area contributed by atoms with Gasteiger partial charge in [-0.05, 0) is 32.0 Å². The van der Waals surface area contributed by atoms with Crippen LogP contribution >= 0.6 is 27.7 Å². The maximum absolute atomic E-state index is 13.2. The van der Waals surface area contributed by atoms with Crippen molar-refractivity contribution in [3.63, 3.8) is 0 Å². The maximum Gasteiger partial charge on any atom is 0.417 e. The Labute approximate surface area is 154 Å². The van der Waals surface area contributed by atoms with E-state index in [0.717, 1.165) is 10.6 Å². The van der Waals surface area contributed by atoms with Crippen LogP contribution in [0, 0.1) is 0 Å². The summed E-state index contributed by atoms with van der Waals surface area (Å²) in [6.07, 6.45) is -0.650. The molecule has 132 valence electrons. The van der Waals surface area contributed by atoms with Gasteiger partial charge >= 0.3 is 6.18 Å².